The van der Waals surface area contributed by atoms with Crippen LogP contribution in [0.2, 0.25) is 0 Å². The van der Waals surface area contributed by atoms with Gasteiger partial charge in [0.05, 0.1) is 0 Å². The lowest BCUT2D eigenvalue weighted by Gasteiger charge is -2.20. The molecule has 1 nitrogen and oxygen atoms in total. The summed E-state index contributed by atoms with van der Waals surface area (Å²) in [6, 6.07) is 21.9. The standard InChI is InChI=1S/C19H25N/c1-16(2)13-14-20-19(18-11-7-4-8-12-18)15-17-9-5-3-6-10-17/h3-12,16,19-20H,13-15H2,1-2H3. The summed E-state index contributed by atoms with van der Waals surface area (Å²) >= 11 is 0. The van der Waals surface area contributed by atoms with Gasteiger partial charge in [0.15, 0.2) is 0 Å². The van der Waals surface area contributed by atoms with E-state index in [1.54, 1.807) is 0 Å². The van der Waals surface area contributed by atoms with Crippen molar-refractivity contribution in [1.29, 1.82) is 0 Å². The molecular weight excluding hydrogens is 242 g/mol. The van der Waals surface area contributed by atoms with Crippen LogP contribution in [0, 0.1) is 5.92 Å². The fourth-order valence-electron chi connectivity index (χ4n) is 2.39. The van der Waals surface area contributed by atoms with Crippen molar-refractivity contribution in [3.8, 4) is 0 Å². The molecule has 20 heavy (non-hydrogen) atoms. The summed E-state index contributed by atoms with van der Waals surface area (Å²) in [5, 5.41) is 3.72. The molecule has 0 fully saturated rings. The Kier molecular flexibility index (Phi) is 5.82. The van der Waals surface area contributed by atoms with Crippen molar-refractivity contribution in [3.05, 3.63) is 71.8 Å². The van der Waals surface area contributed by atoms with Crippen molar-refractivity contribution >= 4 is 0 Å². The van der Waals surface area contributed by atoms with Crippen LogP contribution in [0.25, 0.3) is 0 Å². The Morgan fingerprint density at radius 1 is 0.850 bits per heavy atom. The van der Waals surface area contributed by atoms with Gasteiger partial charge in [-0.15, -0.1) is 0 Å². The second kappa shape index (κ2) is 7.86. The van der Waals surface area contributed by atoms with Crippen molar-refractivity contribution in [2.75, 3.05) is 6.54 Å². The van der Waals surface area contributed by atoms with E-state index < -0.39 is 0 Å². The number of benzene rings is 2. The van der Waals surface area contributed by atoms with Crippen LogP contribution in [0.5, 0.6) is 0 Å². The smallest absolute Gasteiger partial charge is 0.0360 e. The maximum atomic E-state index is 3.72. The van der Waals surface area contributed by atoms with E-state index in [1.165, 1.54) is 17.5 Å². The lowest BCUT2D eigenvalue weighted by atomic mass is 9.98. The zero-order chi connectivity index (χ0) is 14.2. The molecule has 0 aliphatic heterocycles. The van der Waals surface area contributed by atoms with Crippen LogP contribution in [0.3, 0.4) is 0 Å². The average Bonchev–Trinajstić information content (AvgIpc) is 2.48. The molecule has 1 N–H and O–H groups in total. The Bertz CT molecular complexity index is 476. The number of hydrogen-bond acceptors (Lipinski definition) is 1. The molecule has 2 aromatic carbocycles. The topological polar surface area (TPSA) is 12.0 Å². The predicted octanol–water partition coefficient (Wildman–Crippen LogP) is 4.61. The number of hydrogen-bond donors (Lipinski definition) is 1. The van der Waals surface area contributed by atoms with E-state index in [0.29, 0.717) is 6.04 Å². The summed E-state index contributed by atoms with van der Waals surface area (Å²) < 4.78 is 0. The van der Waals surface area contributed by atoms with Gasteiger partial charge < -0.3 is 5.32 Å². The van der Waals surface area contributed by atoms with Crippen LogP contribution in [-0.2, 0) is 6.42 Å². The summed E-state index contributed by atoms with van der Waals surface area (Å²) in [4.78, 5) is 0. The highest BCUT2D eigenvalue weighted by Gasteiger charge is 2.11. The molecule has 1 unspecified atom stereocenters. The van der Waals surface area contributed by atoms with Gasteiger partial charge in [0, 0.05) is 6.04 Å². The minimum absolute atomic E-state index is 0.400. The van der Waals surface area contributed by atoms with Crippen molar-refractivity contribution in [2.24, 2.45) is 5.92 Å². The molecule has 0 saturated heterocycles. The van der Waals surface area contributed by atoms with E-state index in [0.717, 1.165) is 18.9 Å². The number of rotatable bonds is 7. The zero-order valence-electron chi connectivity index (χ0n) is 12.5. The molecular formula is C19H25N. The summed E-state index contributed by atoms with van der Waals surface area (Å²) in [6.07, 6.45) is 2.26. The molecule has 0 aromatic heterocycles. The Labute approximate surface area is 123 Å². The highest BCUT2D eigenvalue weighted by atomic mass is 14.9. The molecule has 0 bridgehead atoms. The van der Waals surface area contributed by atoms with Gasteiger partial charge in [-0.1, -0.05) is 74.5 Å². The van der Waals surface area contributed by atoms with Gasteiger partial charge in [-0.3, -0.25) is 0 Å². The van der Waals surface area contributed by atoms with Crippen molar-refractivity contribution in [3.63, 3.8) is 0 Å². The quantitative estimate of drug-likeness (QED) is 0.772. The normalized spacial score (nSPS) is 12.6. The monoisotopic (exact) mass is 267 g/mol. The summed E-state index contributed by atoms with van der Waals surface area (Å²) in [7, 11) is 0. The SMILES string of the molecule is CC(C)CCNC(Cc1ccccc1)c1ccccc1. The van der Waals surface area contributed by atoms with Crippen LogP contribution < -0.4 is 5.32 Å². The van der Waals surface area contributed by atoms with Gasteiger partial charge in [-0.05, 0) is 36.4 Å². The first kappa shape index (κ1) is 14.8. The van der Waals surface area contributed by atoms with E-state index in [4.69, 9.17) is 0 Å². The van der Waals surface area contributed by atoms with Crippen LogP contribution in [0.1, 0.15) is 37.4 Å². The van der Waals surface area contributed by atoms with E-state index >= 15 is 0 Å². The number of nitrogens with one attached hydrogen (secondary N) is 1. The zero-order valence-corrected chi connectivity index (χ0v) is 12.5. The van der Waals surface area contributed by atoms with E-state index in [1.807, 2.05) is 0 Å². The predicted molar refractivity (Wildman–Crippen MR) is 86.8 cm³/mol. The average molecular weight is 267 g/mol. The van der Waals surface area contributed by atoms with Crippen molar-refractivity contribution in [2.45, 2.75) is 32.7 Å². The molecule has 2 aromatic rings. The third-order valence-electron chi connectivity index (χ3n) is 3.60. The third kappa shape index (κ3) is 4.82. The molecule has 1 atom stereocenters. The lowest BCUT2D eigenvalue weighted by molar-refractivity contribution is 0.476. The lowest BCUT2D eigenvalue weighted by Crippen LogP contribution is -2.25. The molecule has 0 aliphatic rings. The molecule has 0 saturated carbocycles. The first-order valence-corrected chi connectivity index (χ1v) is 7.58. The molecule has 0 amide bonds. The van der Waals surface area contributed by atoms with Gasteiger partial charge in [0.2, 0.25) is 0 Å². The summed E-state index contributed by atoms with van der Waals surface area (Å²) in [5.74, 6) is 0.746. The summed E-state index contributed by atoms with van der Waals surface area (Å²) in [5.41, 5.74) is 2.76. The maximum absolute atomic E-state index is 3.72. The minimum Gasteiger partial charge on any atom is -0.310 e. The van der Waals surface area contributed by atoms with Crippen molar-refractivity contribution < 1.29 is 0 Å². The molecule has 0 heterocycles. The second-order valence-electron chi connectivity index (χ2n) is 5.79. The second-order valence-corrected chi connectivity index (χ2v) is 5.79. The van der Waals surface area contributed by atoms with E-state index in [2.05, 4.69) is 79.8 Å². The first-order chi connectivity index (χ1) is 9.75. The Morgan fingerprint density at radius 3 is 2.05 bits per heavy atom. The summed E-state index contributed by atoms with van der Waals surface area (Å²) in [6.45, 7) is 5.62. The Morgan fingerprint density at radius 2 is 1.45 bits per heavy atom. The molecule has 0 aliphatic carbocycles. The molecule has 2 rings (SSSR count). The molecule has 106 valence electrons. The highest BCUT2D eigenvalue weighted by Crippen LogP contribution is 2.18. The van der Waals surface area contributed by atoms with Crippen LogP contribution in [-0.4, -0.2) is 6.54 Å². The van der Waals surface area contributed by atoms with Gasteiger partial charge in [-0.2, -0.15) is 0 Å². The van der Waals surface area contributed by atoms with Crippen LogP contribution >= 0.6 is 0 Å². The fraction of sp³-hybridized carbons (Fsp3) is 0.368. The molecule has 1 heteroatoms. The Balaban J connectivity index is 2.04. The van der Waals surface area contributed by atoms with Gasteiger partial charge >= 0.3 is 0 Å². The molecule has 0 radical (unpaired) electrons. The van der Waals surface area contributed by atoms with E-state index in [9.17, 15) is 0 Å². The third-order valence-corrected chi connectivity index (χ3v) is 3.60. The van der Waals surface area contributed by atoms with Gasteiger partial charge in [-0.25, -0.2) is 0 Å². The Hall–Kier alpha value is -1.60. The molecule has 0 spiro atoms. The fourth-order valence-corrected chi connectivity index (χ4v) is 2.39. The first-order valence-electron chi connectivity index (χ1n) is 7.58. The van der Waals surface area contributed by atoms with E-state index in [-0.39, 0.29) is 0 Å². The van der Waals surface area contributed by atoms with Crippen LogP contribution in [0.4, 0.5) is 0 Å². The van der Waals surface area contributed by atoms with Crippen molar-refractivity contribution in [1.82, 2.24) is 5.32 Å². The highest BCUT2D eigenvalue weighted by molar-refractivity contribution is 5.23. The minimum atomic E-state index is 0.400. The largest absolute Gasteiger partial charge is 0.310 e. The van der Waals surface area contributed by atoms with Gasteiger partial charge in [0.1, 0.15) is 0 Å². The van der Waals surface area contributed by atoms with Crippen LogP contribution in [0.15, 0.2) is 60.7 Å². The maximum Gasteiger partial charge on any atom is 0.0360 e. The van der Waals surface area contributed by atoms with Gasteiger partial charge in [0.25, 0.3) is 0 Å².